The lowest BCUT2D eigenvalue weighted by atomic mass is 9.87. The number of benzene rings is 1. The molecule has 4 nitrogen and oxygen atoms in total. The maximum atomic E-state index is 13.1. The molecule has 0 saturated carbocycles. The van der Waals surface area contributed by atoms with E-state index < -0.39 is 0 Å². The maximum absolute atomic E-state index is 13.1. The van der Waals surface area contributed by atoms with E-state index in [1.807, 2.05) is 29.4 Å². The van der Waals surface area contributed by atoms with Crippen LogP contribution < -0.4 is 0 Å². The average molecular weight is 347 g/mol. The summed E-state index contributed by atoms with van der Waals surface area (Å²) < 4.78 is 0. The zero-order valence-corrected chi connectivity index (χ0v) is 15.7. The van der Waals surface area contributed by atoms with Gasteiger partial charge in [0.2, 0.25) is 0 Å². The lowest BCUT2D eigenvalue weighted by molar-refractivity contribution is 0.0741. The molecule has 2 aromatic heterocycles. The van der Waals surface area contributed by atoms with Crippen molar-refractivity contribution in [3.05, 3.63) is 65.1 Å². The van der Waals surface area contributed by atoms with Crippen molar-refractivity contribution in [3.8, 4) is 0 Å². The number of amides is 1. The summed E-state index contributed by atoms with van der Waals surface area (Å²) in [6.45, 7) is 8.03. The molecule has 1 aliphatic heterocycles. The molecule has 0 radical (unpaired) electrons. The Kier molecular flexibility index (Phi) is 4.06. The monoisotopic (exact) mass is 347 g/mol. The molecule has 0 atom stereocenters. The van der Waals surface area contributed by atoms with Gasteiger partial charge in [0.05, 0.1) is 0 Å². The summed E-state index contributed by atoms with van der Waals surface area (Å²) in [6, 6.07) is 10.4. The number of hydrogen-bond donors (Lipinski definition) is 1. The molecule has 3 heterocycles. The molecule has 4 rings (SSSR count). The van der Waals surface area contributed by atoms with Gasteiger partial charge in [0, 0.05) is 36.4 Å². The van der Waals surface area contributed by atoms with E-state index in [0.29, 0.717) is 12.2 Å². The second-order valence-electron chi connectivity index (χ2n) is 8.21. The minimum absolute atomic E-state index is 0.0724. The van der Waals surface area contributed by atoms with Crippen LogP contribution in [0.3, 0.4) is 0 Å². The third-order valence-corrected chi connectivity index (χ3v) is 5.25. The number of nitrogens with one attached hydrogen (secondary N) is 1. The lowest BCUT2D eigenvalue weighted by Gasteiger charge is -2.20. The van der Waals surface area contributed by atoms with Gasteiger partial charge in [0.25, 0.3) is 5.91 Å². The zero-order chi connectivity index (χ0) is 18.3. The number of rotatable bonds is 1. The van der Waals surface area contributed by atoms with E-state index >= 15 is 0 Å². The van der Waals surface area contributed by atoms with Crippen molar-refractivity contribution < 1.29 is 4.79 Å². The predicted octanol–water partition coefficient (Wildman–Crippen LogP) is 4.45. The summed E-state index contributed by atoms with van der Waals surface area (Å²) in [5.41, 5.74) is 5.52. The van der Waals surface area contributed by atoms with Gasteiger partial charge in [-0.25, -0.2) is 0 Å². The van der Waals surface area contributed by atoms with Gasteiger partial charge in [-0.1, -0.05) is 32.9 Å². The van der Waals surface area contributed by atoms with E-state index in [-0.39, 0.29) is 11.3 Å². The smallest absolute Gasteiger partial charge is 0.270 e. The van der Waals surface area contributed by atoms with Gasteiger partial charge in [-0.15, -0.1) is 0 Å². The predicted molar refractivity (Wildman–Crippen MR) is 104 cm³/mol. The van der Waals surface area contributed by atoms with Crippen molar-refractivity contribution in [1.29, 1.82) is 0 Å². The second-order valence-corrected chi connectivity index (χ2v) is 8.21. The van der Waals surface area contributed by atoms with Crippen molar-refractivity contribution in [1.82, 2.24) is 14.9 Å². The highest BCUT2D eigenvalue weighted by Gasteiger charge is 2.22. The molecule has 1 amide bonds. The fourth-order valence-corrected chi connectivity index (χ4v) is 3.63. The van der Waals surface area contributed by atoms with Crippen LogP contribution in [0.1, 0.15) is 54.4 Å². The second kappa shape index (κ2) is 6.27. The zero-order valence-electron chi connectivity index (χ0n) is 15.7. The van der Waals surface area contributed by atoms with Crippen LogP contribution >= 0.6 is 0 Å². The number of aromatic nitrogens is 2. The molecule has 0 spiro atoms. The Labute approximate surface area is 154 Å². The van der Waals surface area contributed by atoms with Crippen LogP contribution in [0.4, 0.5) is 0 Å². The summed E-state index contributed by atoms with van der Waals surface area (Å²) in [6.07, 6.45) is 5.69. The molecular formula is C22H25N3O. The Bertz CT molecular complexity index is 965. The van der Waals surface area contributed by atoms with Crippen LogP contribution in [0, 0.1) is 0 Å². The van der Waals surface area contributed by atoms with E-state index in [1.165, 1.54) is 16.7 Å². The fourth-order valence-electron chi connectivity index (χ4n) is 3.63. The molecule has 0 aliphatic carbocycles. The number of aryl methyl sites for hydroxylation is 1. The van der Waals surface area contributed by atoms with E-state index in [2.05, 4.69) is 48.9 Å². The van der Waals surface area contributed by atoms with Gasteiger partial charge in [-0.05, 0) is 53.1 Å². The molecule has 1 aliphatic rings. The molecule has 4 heteroatoms. The van der Waals surface area contributed by atoms with Gasteiger partial charge < -0.3 is 9.88 Å². The highest BCUT2D eigenvalue weighted by molar-refractivity contribution is 5.98. The number of fused-ring (bicyclic) bond motifs is 2. The van der Waals surface area contributed by atoms with Gasteiger partial charge in [-0.3, -0.25) is 9.78 Å². The molecule has 3 aromatic rings. The first-order valence-electron chi connectivity index (χ1n) is 9.26. The Morgan fingerprint density at radius 2 is 2.00 bits per heavy atom. The highest BCUT2D eigenvalue weighted by atomic mass is 16.2. The minimum Gasteiger partial charge on any atom is -0.351 e. The Balaban J connectivity index is 1.64. The molecule has 0 unspecified atom stereocenters. The molecule has 134 valence electrons. The van der Waals surface area contributed by atoms with E-state index in [4.69, 9.17) is 0 Å². The van der Waals surface area contributed by atoms with E-state index in [9.17, 15) is 4.79 Å². The molecule has 1 aromatic carbocycles. The number of aromatic amines is 1. The van der Waals surface area contributed by atoms with Crippen molar-refractivity contribution in [2.45, 2.75) is 45.6 Å². The SMILES string of the molecule is CC(C)(C)c1ccc2cc(C(=O)N3CCCc4cnccc4C3)[nH]c2c1. The van der Waals surface area contributed by atoms with Crippen molar-refractivity contribution in [3.63, 3.8) is 0 Å². The molecular weight excluding hydrogens is 322 g/mol. The quantitative estimate of drug-likeness (QED) is 0.707. The summed E-state index contributed by atoms with van der Waals surface area (Å²) >= 11 is 0. The van der Waals surface area contributed by atoms with Gasteiger partial charge >= 0.3 is 0 Å². The molecule has 0 fully saturated rings. The number of carbonyl (C=O) groups is 1. The first-order chi connectivity index (χ1) is 12.4. The third-order valence-electron chi connectivity index (χ3n) is 5.25. The minimum atomic E-state index is 0.0724. The normalized spacial score (nSPS) is 15.0. The molecule has 0 saturated heterocycles. The van der Waals surface area contributed by atoms with Gasteiger partial charge in [-0.2, -0.15) is 0 Å². The number of pyridine rings is 1. The molecule has 26 heavy (non-hydrogen) atoms. The van der Waals surface area contributed by atoms with E-state index in [1.54, 1.807) is 0 Å². The van der Waals surface area contributed by atoms with Gasteiger partial charge in [0.15, 0.2) is 0 Å². The number of nitrogens with zero attached hydrogens (tertiary/aromatic N) is 2. The summed E-state index contributed by atoms with van der Waals surface area (Å²) in [7, 11) is 0. The van der Waals surface area contributed by atoms with Crippen LogP contribution in [-0.4, -0.2) is 27.3 Å². The van der Waals surface area contributed by atoms with Crippen LogP contribution in [-0.2, 0) is 18.4 Å². The first kappa shape index (κ1) is 16.8. The summed E-state index contributed by atoms with van der Waals surface area (Å²) in [4.78, 5) is 22.6. The van der Waals surface area contributed by atoms with Crippen molar-refractivity contribution in [2.75, 3.05) is 6.54 Å². The lowest BCUT2D eigenvalue weighted by Crippen LogP contribution is -2.30. The largest absolute Gasteiger partial charge is 0.351 e. The van der Waals surface area contributed by atoms with Crippen molar-refractivity contribution in [2.24, 2.45) is 0 Å². The number of H-pyrrole nitrogens is 1. The molecule has 0 bridgehead atoms. The average Bonchev–Trinajstić information content (AvgIpc) is 2.92. The molecule has 1 N–H and O–H groups in total. The Morgan fingerprint density at radius 1 is 1.15 bits per heavy atom. The Morgan fingerprint density at radius 3 is 2.81 bits per heavy atom. The highest BCUT2D eigenvalue weighted by Crippen LogP contribution is 2.27. The summed E-state index contributed by atoms with van der Waals surface area (Å²) in [5.74, 6) is 0.0724. The first-order valence-corrected chi connectivity index (χ1v) is 9.26. The standard InChI is InChI=1S/C22H25N3O/c1-22(2,3)18-7-6-15-11-20(24-19(15)12-18)21(26)25-10-4-5-16-13-23-9-8-17(16)14-25/h6-9,11-13,24H,4-5,10,14H2,1-3H3. The maximum Gasteiger partial charge on any atom is 0.270 e. The number of hydrogen-bond acceptors (Lipinski definition) is 2. The topological polar surface area (TPSA) is 49.0 Å². The number of carbonyl (C=O) groups excluding carboxylic acids is 1. The van der Waals surface area contributed by atoms with Gasteiger partial charge in [0.1, 0.15) is 5.69 Å². The summed E-state index contributed by atoms with van der Waals surface area (Å²) in [5, 5.41) is 1.08. The Hall–Kier alpha value is -2.62. The van der Waals surface area contributed by atoms with E-state index in [0.717, 1.165) is 30.3 Å². The van der Waals surface area contributed by atoms with Crippen LogP contribution in [0.15, 0.2) is 42.7 Å². The van der Waals surface area contributed by atoms with Crippen molar-refractivity contribution >= 4 is 16.8 Å². The van der Waals surface area contributed by atoms with Crippen LogP contribution in [0.2, 0.25) is 0 Å². The fraction of sp³-hybridized carbons (Fsp3) is 0.364. The third kappa shape index (κ3) is 3.12. The van der Waals surface area contributed by atoms with Crippen LogP contribution in [0.5, 0.6) is 0 Å². The van der Waals surface area contributed by atoms with Crippen LogP contribution in [0.25, 0.3) is 10.9 Å².